The lowest BCUT2D eigenvalue weighted by molar-refractivity contribution is 0.0142. The van der Waals surface area contributed by atoms with E-state index in [1.165, 1.54) is 10.6 Å². The van der Waals surface area contributed by atoms with Gasteiger partial charge < -0.3 is 21.3 Å². The van der Waals surface area contributed by atoms with Gasteiger partial charge in [0.2, 0.25) is 0 Å². The number of hydrogen-bond acceptors (Lipinski definition) is 5. The normalized spacial score (nSPS) is 13.9. The molecule has 4 rings (SSSR count). The van der Waals surface area contributed by atoms with Crippen LogP contribution in [0.4, 0.5) is 14.6 Å². The summed E-state index contributed by atoms with van der Waals surface area (Å²) >= 11 is 0. The van der Waals surface area contributed by atoms with Gasteiger partial charge in [0.1, 0.15) is 22.8 Å². The average molecular weight is 416 g/mol. The van der Waals surface area contributed by atoms with Crippen molar-refractivity contribution in [3.05, 3.63) is 40.2 Å². The number of ether oxygens (including phenoxy) is 1. The number of hydrogen-bond donors (Lipinski definition) is 3. The predicted octanol–water partition coefficient (Wildman–Crippen LogP) is 3.47. The quantitative estimate of drug-likeness (QED) is 0.605. The molecule has 1 aromatic carbocycles. The molecule has 0 radical (unpaired) electrons. The van der Waals surface area contributed by atoms with Crippen LogP contribution in [0.3, 0.4) is 0 Å². The molecule has 2 aromatic heterocycles. The number of fused-ring (bicyclic) bond motifs is 3. The predicted molar refractivity (Wildman–Crippen MR) is 109 cm³/mol. The van der Waals surface area contributed by atoms with E-state index in [0.29, 0.717) is 49.1 Å². The van der Waals surface area contributed by atoms with Crippen LogP contribution in [0.25, 0.3) is 16.6 Å². The highest BCUT2D eigenvalue weighted by atomic mass is 19.3. The number of carbonyl (C=O) groups is 1. The van der Waals surface area contributed by atoms with Crippen LogP contribution in [0.2, 0.25) is 0 Å². The Balaban J connectivity index is 2.30. The van der Waals surface area contributed by atoms with Gasteiger partial charge in [-0.05, 0) is 38.3 Å². The number of phenols is 1. The fraction of sp³-hybridized carbons (Fsp3) is 0.333. The van der Waals surface area contributed by atoms with E-state index >= 15 is 0 Å². The van der Waals surface area contributed by atoms with Crippen molar-refractivity contribution in [2.75, 3.05) is 12.3 Å². The molecule has 7 nitrogen and oxygen atoms in total. The summed E-state index contributed by atoms with van der Waals surface area (Å²) in [7, 11) is 0. The topological polar surface area (TPSA) is 116 Å². The Morgan fingerprint density at radius 2 is 2.03 bits per heavy atom. The monoisotopic (exact) mass is 416 g/mol. The van der Waals surface area contributed by atoms with Crippen molar-refractivity contribution in [2.24, 2.45) is 5.73 Å². The first-order valence-electron chi connectivity index (χ1n) is 9.51. The van der Waals surface area contributed by atoms with Crippen molar-refractivity contribution in [2.45, 2.75) is 39.5 Å². The number of primary amides is 1. The maximum absolute atomic E-state index is 14.6. The van der Waals surface area contributed by atoms with E-state index in [4.69, 9.17) is 16.2 Å². The largest absolute Gasteiger partial charge is 0.508 e. The minimum atomic E-state index is -3.35. The van der Waals surface area contributed by atoms with Gasteiger partial charge in [-0.15, -0.1) is 0 Å². The van der Waals surface area contributed by atoms with Gasteiger partial charge in [-0.3, -0.25) is 9.36 Å². The van der Waals surface area contributed by atoms with Crippen LogP contribution in [0.1, 0.15) is 46.2 Å². The summed E-state index contributed by atoms with van der Waals surface area (Å²) in [6, 6.07) is 3.21. The molecule has 0 saturated carbocycles. The maximum Gasteiger partial charge on any atom is 0.287 e. The van der Waals surface area contributed by atoms with Crippen LogP contribution in [0, 0.1) is 13.8 Å². The third-order valence-corrected chi connectivity index (χ3v) is 5.46. The van der Waals surface area contributed by atoms with Gasteiger partial charge >= 0.3 is 0 Å². The molecule has 1 aliphatic rings. The van der Waals surface area contributed by atoms with Gasteiger partial charge in [0.05, 0.1) is 23.6 Å². The SMILES string of the molecule is Cc1ccc(O)c(C)c1-n1c(N)c(C(N)=O)c2c(C(C)(F)F)nc3c(c21)OCCC3. The molecule has 0 bridgehead atoms. The fourth-order valence-corrected chi connectivity index (χ4v) is 4.12. The first-order chi connectivity index (χ1) is 14.0. The summed E-state index contributed by atoms with van der Waals surface area (Å²) in [6.45, 7) is 4.56. The van der Waals surface area contributed by atoms with Gasteiger partial charge in [-0.25, -0.2) is 4.98 Å². The van der Waals surface area contributed by atoms with Gasteiger partial charge in [0.15, 0.2) is 5.75 Å². The van der Waals surface area contributed by atoms with Crippen LogP contribution >= 0.6 is 0 Å². The van der Waals surface area contributed by atoms with E-state index in [2.05, 4.69) is 4.98 Å². The van der Waals surface area contributed by atoms with Crippen molar-refractivity contribution in [3.8, 4) is 17.2 Å². The Labute approximate surface area is 171 Å². The molecule has 3 aromatic rings. The summed E-state index contributed by atoms with van der Waals surface area (Å²) in [5.74, 6) is -4.11. The Kier molecular flexibility index (Phi) is 4.37. The van der Waals surface area contributed by atoms with Crippen molar-refractivity contribution in [1.82, 2.24) is 9.55 Å². The third-order valence-electron chi connectivity index (χ3n) is 5.46. The van der Waals surface area contributed by atoms with Crippen molar-refractivity contribution < 1.29 is 23.4 Å². The van der Waals surface area contributed by atoms with E-state index in [-0.39, 0.29) is 28.0 Å². The molecule has 0 aliphatic carbocycles. The summed E-state index contributed by atoms with van der Waals surface area (Å²) in [4.78, 5) is 16.5. The smallest absolute Gasteiger partial charge is 0.287 e. The number of alkyl halides is 2. The van der Waals surface area contributed by atoms with Crippen LogP contribution in [-0.4, -0.2) is 27.2 Å². The maximum atomic E-state index is 14.6. The second-order valence-corrected chi connectivity index (χ2v) is 7.64. The number of aromatic nitrogens is 2. The third kappa shape index (κ3) is 2.76. The van der Waals surface area contributed by atoms with E-state index in [1.54, 1.807) is 19.9 Å². The molecule has 1 amide bonds. The summed E-state index contributed by atoms with van der Waals surface area (Å²) in [5.41, 5.74) is 13.3. The number of phenolic OH excluding ortho intramolecular Hbond substituents is 1. The minimum absolute atomic E-state index is 0.00219. The summed E-state index contributed by atoms with van der Waals surface area (Å²) < 4.78 is 36.5. The average Bonchev–Trinajstić information content (AvgIpc) is 2.97. The molecular weight excluding hydrogens is 394 g/mol. The molecule has 5 N–H and O–H groups in total. The fourth-order valence-electron chi connectivity index (χ4n) is 4.12. The number of nitrogens with two attached hydrogens (primary N) is 2. The Morgan fingerprint density at radius 3 is 2.67 bits per heavy atom. The van der Waals surface area contributed by atoms with Crippen molar-refractivity contribution in [1.29, 1.82) is 0 Å². The van der Waals surface area contributed by atoms with E-state index in [0.717, 1.165) is 5.56 Å². The van der Waals surface area contributed by atoms with Gasteiger partial charge in [-0.1, -0.05) is 6.07 Å². The van der Waals surface area contributed by atoms with Crippen LogP contribution in [0.15, 0.2) is 12.1 Å². The summed E-state index contributed by atoms with van der Waals surface area (Å²) in [5, 5.41) is 10.1. The molecule has 0 fully saturated rings. The first-order valence-corrected chi connectivity index (χ1v) is 9.51. The van der Waals surface area contributed by atoms with E-state index in [1.807, 2.05) is 0 Å². The molecule has 0 saturated heterocycles. The first kappa shape index (κ1) is 19.9. The zero-order valence-corrected chi connectivity index (χ0v) is 16.8. The number of aromatic hydroxyl groups is 1. The van der Waals surface area contributed by atoms with Crippen molar-refractivity contribution in [3.63, 3.8) is 0 Å². The molecule has 1 aliphatic heterocycles. The highest BCUT2D eigenvalue weighted by molar-refractivity contribution is 6.14. The Morgan fingerprint density at radius 1 is 1.33 bits per heavy atom. The number of nitrogens with zero attached hydrogens (tertiary/aromatic N) is 2. The number of halogens is 2. The highest BCUT2D eigenvalue weighted by Gasteiger charge is 2.38. The number of carbonyl (C=O) groups excluding carboxylic acids is 1. The summed E-state index contributed by atoms with van der Waals surface area (Å²) in [6.07, 6.45) is 1.08. The Hall–Kier alpha value is -3.36. The lowest BCUT2D eigenvalue weighted by Gasteiger charge is -2.23. The van der Waals surface area contributed by atoms with E-state index in [9.17, 15) is 18.7 Å². The lowest BCUT2D eigenvalue weighted by Crippen LogP contribution is -2.19. The highest BCUT2D eigenvalue weighted by Crippen LogP contribution is 2.46. The number of nitrogen functional groups attached to an aromatic ring is 1. The Bertz CT molecular complexity index is 1210. The molecule has 3 heterocycles. The second kappa shape index (κ2) is 6.58. The molecule has 158 valence electrons. The molecule has 0 unspecified atom stereocenters. The number of pyridine rings is 1. The zero-order valence-electron chi connectivity index (χ0n) is 16.8. The standard InChI is InChI=1S/C21H22F2N4O3/c1-9-6-7-12(28)10(2)15(9)27-16-13(14(19(27)24)20(25)29)18(21(3,22)23)26-11-5-4-8-30-17(11)16/h6-7,28H,4-5,8,24H2,1-3H3,(H2,25,29). The molecule has 0 spiro atoms. The number of amides is 1. The number of benzene rings is 1. The number of anilines is 1. The van der Waals surface area contributed by atoms with Crippen molar-refractivity contribution >= 4 is 22.6 Å². The number of aryl methyl sites for hydroxylation is 2. The molecule has 0 atom stereocenters. The van der Waals surface area contributed by atoms with Gasteiger partial charge in [-0.2, -0.15) is 8.78 Å². The van der Waals surface area contributed by atoms with E-state index < -0.39 is 17.5 Å². The second-order valence-electron chi connectivity index (χ2n) is 7.64. The van der Waals surface area contributed by atoms with Crippen LogP contribution < -0.4 is 16.2 Å². The van der Waals surface area contributed by atoms with Gasteiger partial charge in [0.25, 0.3) is 11.8 Å². The molecule has 9 heteroatoms. The molecule has 30 heavy (non-hydrogen) atoms. The number of rotatable bonds is 3. The van der Waals surface area contributed by atoms with Crippen LogP contribution in [0.5, 0.6) is 11.5 Å². The molecular formula is C21H22F2N4O3. The zero-order chi connectivity index (χ0) is 22.0. The lowest BCUT2D eigenvalue weighted by atomic mass is 10.0. The van der Waals surface area contributed by atoms with Gasteiger partial charge in [0, 0.05) is 17.9 Å². The van der Waals surface area contributed by atoms with Crippen LogP contribution in [-0.2, 0) is 12.3 Å². The minimum Gasteiger partial charge on any atom is -0.508 e.